The molecule has 1 aliphatic carbocycles. The number of carbonyl (C=O) groups is 1. The van der Waals surface area contributed by atoms with Gasteiger partial charge >= 0.3 is 0 Å². The van der Waals surface area contributed by atoms with Crippen molar-refractivity contribution in [1.29, 1.82) is 0 Å². The molecule has 1 aromatic carbocycles. The van der Waals surface area contributed by atoms with E-state index in [0.717, 1.165) is 30.1 Å². The predicted molar refractivity (Wildman–Crippen MR) is 76.4 cm³/mol. The van der Waals surface area contributed by atoms with E-state index in [1.165, 1.54) is 12.0 Å². The van der Waals surface area contributed by atoms with E-state index in [1.54, 1.807) is 0 Å². The lowest BCUT2D eigenvalue weighted by atomic mass is 10.1. The van der Waals surface area contributed by atoms with Crippen molar-refractivity contribution in [3.05, 3.63) is 29.3 Å². The molecule has 1 saturated carbocycles. The van der Waals surface area contributed by atoms with Gasteiger partial charge in [0.05, 0.1) is 0 Å². The monoisotopic (exact) mass is 261 g/mol. The fourth-order valence-electron chi connectivity index (χ4n) is 2.63. The van der Waals surface area contributed by atoms with Gasteiger partial charge in [0.25, 0.3) is 5.91 Å². The fraction of sp³-hybridized carbons (Fsp3) is 0.562. The topological polar surface area (TPSA) is 38.3 Å². The molecule has 1 N–H and O–H groups in total. The van der Waals surface area contributed by atoms with Crippen molar-refractivity contribution in [3.63, 3.8) is 0 Å². The van der Waals surface area contributed by atoms with Crippen molar-refractivity contribution in [2.45, 2.75) is 46.1 Å². The van der Waals surface area contributed by atoms with Crippen LogP contribution in [0.2, 0.25) is 0 Å². The minimum Gasteiger partial charge on any atom is -0.483 e. The third kappa shape index (κ3) is 3.72. The highest BCUT2D eigenvalue weighted by Crippen LogP contribution is 2.24. The molecule has 2 rings (SSSR count). The summed E-state index contributed by atoms with van der Waals surface area (Å²) in [5.74, 6) is 1.51. The smallest absolute Gasteiger partial charge is 0.258 e. The van der Waals surface area contributed by atoms with Crippen LogP contribution < -0.4 is 10.1 Å². The van der Waals surface area contributed by atoms with Crippen molar-refractivity contribution in [2.24, 2.45) is 5.92 Å². The normalized spacial score (nSPS) is 22.3. The van der Waals surface area contributed by atoms with E-state index in [1.807, 2.05) is 32.0 Å². The van der Waals surface area contributed by atoms with Crippen LogP contribution in [0.15, 0.2) is 18.2 Å². The molecule has 2 atom stereocenters. The third-order valence-corrected chi connectivity index (χ3v) is 3.97. The summed E-state index contributed by atoms with van der Waals surface area (Å²) in [4.78, 5) is 11.8. The number of hydrogen-bond donors (Lipinski definition) is 1. The van der Waals surface area contributed by atoms with E-state index < -0.39 is 0 Å². The number of rotatable bonds is 4. The van der Waals surface area contributed by atoms with E-state index in [0.29, 0.717) is 6.04 Å². The van der Waals surface area contributed by atoms with Gasteiger partial charge in [-0.25, -0.2) is 0 Å². The Morgan fingerprint density at radius 2 is 2.16 bits per heavy atom. The Bertz CT molecular complexity index is 456. The molecule has 3 nitrogen and oxygen atoms in total. The van der Waals surface area contributed by atoms with Crippen LogP contribution in [0.3, 0.4) is 0 Å². The van der Waals surface area contributed by atoms with Gasteiger partial charge in [0.2, 0.25) is 0 Å². The molecule has 0 heterocycles. The second-order valence-corrected chi connectivity index (χ2v) is 5.67. The SMILES string of the molecule is Cc1cccc(OCC(=O)NC2CCC(C)C2)c1C. The molecule has 0 radical (unpaired) electrons. The lowest BCUT2D eigenvalue weighted by molar-refractivity contribution is -0.123. The first kappa shape index (κ1) is 13.9. The summed E-state index contributed by atoms with van der Waals surface area (Å²) in [5, 5.41) is 3.05. The van der Waals surface area contributed by atoms with Crippen molar-refractivity contribution in [1.82, 2.24) is 5.32 Å². The fourth-order valence-corrected chi connectivity index (χ4v) is 2.63. The molecule has 2 unspecified atom stereocenters. The van der Waals surface area contributed by atoms with Gasteiger partial charge in [0, 0.05) is 6.04 Å². The van der Waals surface area contributed by atoms with Gasteiger partial charge in [-0.05, 0) is 56.2 Å². The van der Waals surface area contributed by atoms with Crippen LogP contribution in [0, 0.1) is 19.8 Å². The van der Waals surface area contributed by atoms with Gasteiger partial charge in [-0.3, -0.25) is 4.79 Å². The summed E-state index contributed by atoms with van der Waals surface area (Å²) in [5.41, 5.74) is 2.28. The van der Waals surface area contributed by atoms with Gasteiger partial charge in [-0.15, -0.1) is 0 Å². The highest BCUT2D eigenvalue weighted by molar-refractivity contribution is 5.77. The molecule has 0 spiro atoms. The van der Waals surface area contributed by atoms with E-state index in [-0.39, 0.29) is 12.5 Å². The number of nitrogens with one attached hydrogen (secondary N) is 1. The second kappa shape index (κ2) is 6.09. The highest BCUT2D eigenvalue weighted by atomic mass is 16.5. The molecule has 3 heteroatoms. The van der Waals surface area contributed by atoms with E-state index in [4.69, 9.17) is 4.74 Å². The Morgan fingerprint density at radius 1 is 1.37 bits per heavy atom. The number of ether oxygens (including phenoxy) is 1. The molecule has 0 aliphatic heterocycles. The minimum atomic E-state index is -0.0139. The number of carbonyl (C=O) groups excluding carboxylic acids is 1. The molecule has 19 heavy (non-hydrogen) atoms. The first-order chi connectivity index (χ1) is 9.06. The number of amides is 1. The third-order valence-electron chi connectivity index (χ3n) is 3.97. The molecule has 1 aliphatic rings. The van der Waals surface area contributed by atoms with Gasteiger partial charge in [0.1, 0.15) is 5.75 Å². The maximum atomic E-state index is 11.8. The maximum absolute atomic E-state index is 11.8. The zero-order chi connectivity index (χ0) is 13.8. The van der Waals surface area contributed by atoms with Gasteiger partial charge in [-0.1, -0.05) is 19.1 Å². The van der Waals surface area contributed by atoms with Crippen molar-refractivity contribution >= 4 is 5.91 Å². The molecule has 1 fully saturated rings. The summed E-state index contributed by atoms with van der Waals surface area (Å²) in [6, 6.07) is 6.24. The van der Waals surface area contributed by atoms with Gasteiger partial charge < -0.3 is 10.1 Å². The minimum absolute atomic E-state index is 0.0139. The molecule has 0 aromatic heterocycles. The van der Waals surface area contributed by atoms with Crippen LogP contribution in [0.25, 0.3) is 0 Å². The van der Waals surface area contributed by atoms with Crippen LogP contribution in [0.1, 0.15) is 37.3 Å². The number of hydrogen-bond acceptors (Lipinski definition) is 2. The molecular weight excluding hydrogens is 238 g/mol. The van der Waals surface area contributed by atoms with E-state index in [2.05, 4.69) is 12.2 Å². The molecular formula is C16H23NO2. The van der Waals surface area contributed by atoms with Gasteiger partial charge in [0.15, 0.2) is 6.61 Å². The zero-order valence-corrected chi connectivity index (χ0v) is 12.0. The zero-order valence-electron chi connectivity index (χ0n) is 12.0. The number of benzene rings is 1. The van der Waals surface area contributed by atoms with Crippen LogP contribution in [0.4, 0.5) is 0 Å². The average molecular weight is 261 g/mol. The van der Waals surface area contributed by atoms with E-state index in [9.17, 15) is 4.79 Å². The van der Waals surface area contributed by atoms with Crippen LogP contribution in [0.5, 0.6) is 5.75 Å². The molecule has 0 saturated heterocycles. The highest BCUT2D eigenvalue weighted by Gasteiger charge is 2.22. The largest absolute Gasteiger partial charge is 0.483 e. The van der Waals surface area contributed by atoms with Crippen LogP contribution >= 0.6 is 0 Å². The Labute approximate surface area is 115 Å². The Balaban J connectivity index is 1.82. The Kier molecular flexibility index (Phi) is 4.46. The predicted octanol–water partition coefficient (Wildman–Crippen LogP) is 2.99. The Morgan fingerprint density at radius 3 is 2.84 bits per heavy atom. The molecule has 1 amide bonds. The Hall–Kier alpha value is -1.51. The number of aryl methyl sites for hydroxylation is 1. The lowest BCUT2D eigenvalue weighted by Gasteiger charge is -2.14. The molecule has 1 aromatic rings. The first-order valence-electron chi connectivity index (χ1n) is 7.04. The van der Waals surface area contributed by atoms with Crippen LogP contribution in [-0.2, 0) is 4.79 Å². The average Bonchev–Trinajstić information content (AvgIpc) is 2.76. The summed E-state index contributed by atoms with van der Waals surface area (Å²) in [6.45, 7) is 6.40. The van der Waals surface area contributed by atoms with Crippen molar-refractivity contribution in [3.8, 4) is 5.75 Å². The lowest BCUT2D eigenvalue weighted by Crippen LogP contribution is -2.36. The standard InChI is InChI=1S/C16H23NO2/c1-11-7-8-14(9-11)17-16(18)10-19-15-6-4-5-12(2)13(15)3/h4-6,11,14H,7-10H2,1-3H3,(H,17,18). The van der Waals surface area contributed by atoms with Crippen molar-refractivity contribution < 1.29 is 9.53 Å². The van der Waals surface area contributed by atoms with E-state index >= 15 is 0 Å². The van der Waals surface area contributed by atoms with Crippen molar-refractivity contribution in [2.75, 3.05) is 6.61 Å². The molecule has 104 valence electrons. The maximum Gasteiger partial charge on any atom is 0.258 e. The first-order valence-corrected chi connectivity index (χ1v) is 7.04. The summed E-state index contributed by atoms with van der Waals surface area (Å²) in [6.07, 6.45) is 3.40. The second-order valence-electron chi connectivity index (χ2n) is 5.67. The molecule has 0 bridgehead atoms. The summed E-state index contributed by atoms with van der Waals surface area (Å²) in [7, 11) is 0. The summed E-state index contributed by atoms with van der Waals surface area (Å²) < 4.78 is 5.60. The summed E-state index contributed by atoms with van der Waals surface area (Å²) >= 11 is 0. The van der Waals surface area contributed by atoms with Gasteiger partial charge in [-0.2, -0.15) is 0 Å². The van der Waals surface area contributed by atoms with Crippen LogP contribution in [-0.4, -0.2) is 18.6 Å². The quantitative estimate of drug-likeness (QED) is 0.905.